The Balaban J connectivity index is 2.00. The molecule has 0 unspecified atom stereocenters. The summed E-state index contributed by atoms with van der Waals surface area (Å²) in [4.78, 5) is 4.32. The first-order valence-electron chi connectivity index (χ1n) is 6.72. The van der Waals surface area contributed by atoms with E-state index in [0.29, 0.717) is 12.5 Å². The van der Waals surface area contributed by atoms with Crippen molar-refractivity contribution in [1.29, 1.82) is 0 Å². The van der Waals surface area contributed by atoms with Crippen molar-refractivity contribution in [2.24, 2.45) is 0 Å². The molecule has 0 aliphatic rings. The predicted molar refractivity (Wildman–Crippen MR) is 80.3 cm³/mol. The molecule has 0 atom stereocenters. The summed E-state index contributed by atoms with van der Waals surface area (Å²) in [5.41, 5.74) is 2.31. The molecule has 0 aliphatic heterocycles. The average Bonchev–Trinajstić information content (AvgIpc) is 2.45. The van der Waals surface area contributed by atoms with E-state index in [-0.39, 0.29) is 5.41 Å². The molecule has 0 bridgehead atoms. The van der Waals surface area contributed by atoms with Gasteiger partial charge in [-0.15, -0.1) is 0 Å². The molecule has 3 nitrogen and oxygen atoms in total. The predicted octanol–water partition coefficient (Wildman–Crippen LogP) is 3.97. The first kappa shape index (κ1) is 14.4. The molecule has 0 saturated carbocycles. The minimum absolute atomic E-state index is 0.160. The molecule has 0 aliphatic carbocycles. The van der Waals surface area contributed by atoms with Gasteiger partial charge >= 0.3 is 0 Å². The van der Waals surface area contributed by atoms with E-state index < -0.39 is 0 Å². The van der Waals surface area contributed by atoms with Gasteiger partial charge in [-0.05, 0) is 29.2 Å². The molecule has 0 spiro atoms. The maximum atomic E-state index is 5.74. The first-order valence-corrected chi connectivity index (χ1v) is 6.72. The third kappa shape index (κ3) is 3.73. The maximum Gasteiger partial charge on any atom is 0.213 e. The van der Waals surface area contributed by atoms with Gasteiger partial charge in [-0.1, -0.05) is 39.0 Å². The molecule has 1 heterocycles. The fraction of sp³-hybridized carbons (Fsp3) is 0.353. The molecule has 1 aromatic carbocycles. The summed E-state index contributed by atoms with van der Waals surface area (Å²) in [6.45, 7) is 7.03. The molecule has 0 amide bonds. The van der Waals surface area contributed by atoms with Crippen LogP contribution in [0.5, 0.6) is 11.6 Å². The van der Waals surface area contributed by atoms with E-state index in [1.807, 2.05) is 30.3 Å². The Morgan fingerprint density at radius 3 is 2.30 bits per heavy atom. The molecule has 20 heavy (non-hydrogen) atoms. The molecule has 0 fully saturated rings. The Morgan fingerprint density at radius 2 is 1.70 bits per heavy atom. The van der Waals surface area contributed by atoms with Crippen LogP contribution < -0.4 is 9.47 Å². The van der Waals surface area contributed by atoms with Gasteiger partial charge in [0, 0.05) is 6.07 Å². The summed E-state index contributed by atoms with van der Waals surface area (Å²) in [6, 6.07) is 13.9. The van der Waals surface area contributed by atoms with E-state index >= 15 is 0 Å². The van der Waals surface area contributed by atoms with Crippen LogP contribution in [-0.2, 0) is 12.0 Å². The second-order valence-corrected chi connectivity index (χ2v) is 5.73. The van der Waals surface area contributed by atoms with E-state index in [4.69, 9.17) is 9.47 Å². The highest BCUT2D eigenvalue weighted by Crippen LogP contribution is 2.24. The van der Waals surface area contributed by atoms with Crippen molar-refractivity contribution in [1.82, 2.24) is 4.98 Å². The molecule has 3 heteroatoms. The molecular formula is C17H21NO2. The highest BCUT2D eigenvalue weighted by molar-refractivity contribution is 5.31. The zero-order valence-corrected chi connectivity index (χ0v) is 12.5. The maximum absolute atomic E-state index is 5.74. The van der Waals surface area contributed by atoms with Crippen LogP contribution in [0.1, 0.15) is 32.0 Å². The summed E-state index contributed by atoms with van der Waals surface area (Å²) in [5.74, 6) is 1.46. The van der Waals surface area contributed by atoms with Gasteiger partial charge in [-0.25, -0.2) is 4.98 Å². The molecule has 0 saturated heterocycles. The van der Waals surface area contributed by atoms with Crippen LogP contribution in [0.4, 0.5) is 0 Å². The van der Waals surface area contributed by atoms with Crippen molar-refractivity contribution in [3.05, 3.63) is 53.7 Å². The zero-order chi connectivity index (χ0) is 14.6. The van der Waals surface area contributed by atoms with Gasteiger partial charge < -0.3 is 9.47 Å². The van der Waals surface area contributed by atoms with Crippen LogP contribution in [-0.4, -0.2) is 12.1 Å². The molecule has 0 N–H and O–H groups in total. The number of rotatable bonds is 4. The van der Waals surface area contributed by atoms with Gasteiger partial charge in [0.2, 0.25) is 5.88 Å². The van der Waals surface area contributed by atoms with Crippen molar-refractivity contribution >= 4 is 0 Å². The van der Waals surface area contributed by atoms with Crippen LogP contribution >= 0.6 is 0 Å². The Morgan fingerprint density at radius 1 is 1.00 bits per heavy atom. The highest BCUT2D eigenvalue weighted by atomic mass is 16.5. The minimum atomic E-state index is 0.160. The summed E-state index contributed by atoms with van der Waals surface area (Å²) < 4.78 is 10.8. The largest absolute Gasteiger partial charge is 0.487 e. The van der Waals surface area contributed by atoms with Crippen molar-refractivity contribution in [2.45, 2.75) is 32.8 Å². The first-order chi connectivity index (χ1) is 9.49. The summed E-state index contributed by atoms with van der Waals surface area (Å²) in [6.07, 6.45) is 0. The Labute approximate surface area is 120 Å². The van der Waals surface area contributed by atoms with Crippen molar-refractivity contribution in [3.8, 4) is 11.6 Å². The van der Waals surface area contributed by atoms with Gasteiger partial charge in [0.05, 0.1) is 12.8 Å². The fourth-order valence-corrected chi connectivity index (χ4v) is 1.86. The van der Waals surface area contributed by atoms with Crippen molar-refractivity contribution in [2.75, 3.05) is 7.11 Å². The standard InChI is InChI=1S/C17H21NO2/c1-17(2,3)13-8-10-15(11-9-13)20-12-14-6-5-7-16(18-14)19-4/h5-11H,12H2,1-4H3. The van der Waals surface area contributed by atoms with E-state index in [9.17, 15) is 0 Å². The van der Waals surface area contributed by atoms with Gasteiger partial charge in [0.15, 0.2) is 0 Å². The van der Waals surface area contributed by atoms with Gasteiger partial charge in [0.25, 0.3) is 0 Å². The Kier molecular flexibility index (Phi) is 4.28. The number of hydrogen-bond acceptors (Lipinski definition) is 3. The molecule has 2 rings (SSSR count). The van der Waals surface area contributed by atoms with Crippen molar-refractivity contribution in [3.63, 3.8) is 0 Å². The Hall–Kier alpha value is -2.03. The van der Waals surface area contributed by atoms with Crippen LogP contribution in [0, 0.1) is 0 Å². The number of aromatic nitrogens is 1. The van der Waals surface area contributed by atoms with Crippen LogP contribution in [0.3, 0.4) is 0 Å². The highest BCUT2D eigenvalue weighted by Gasteiger charge is 2.12. The molecule has 2 aromatic rings. The minimum Gasteiger partial charge on any atom is -0.487 e. The topological polar surface area (TPSA) is 31.4 Å². The summed E-state index contributed by atoms with van der Waals surface area (Å²) in [7, 11) is 1.61. The van der Waals surface area contributed by atoms with E-state index in [2.05, 4.69) is 37.9 Å². The fourth-order valence-electron chi connectivity index (χ4n) is 1.86. The van der Waals surface area contributed by atoms with Crippen LogP contribution in [0.15, 0.2) is 42.5 Å². The van der Waals surface area contributed by atoms with Gasteiger partial charge in [-0.3, -0.25) is 0 Å². The molecular weight excluding hydrogens is 250 g/mol. The molecule has 0 radical (unpaired) electrons. The van der Waals surface area contributed by atoms with Crippen LogP contribution in [0.2, 0.25) is 0 Å². The lowest BCUT2D eigenvalue weighted by Gasteiger charge is -2.19. The number of methoxy groups -OCH3 is 1. The number of hydrogen-bond donors (Lipinski definition) is 0. The normalized spacial score (nSPS) is 11.2. The summed E-state index contributed by atoms with van der Waals surface area (Å²) in [5, 5.41) is 0. The third-order valence-corrected chi connectivity index (χ3v) is 3.10. The smallest absolute Gasteiger partial charge is 0.213 e. The lowest BCUT2D eigenvalue weighted by atomic mass is 9.87. The molecule has 106 valence electrons. The van der Waals surface area contributed by atoms with Gasteiger partial charge in [-0.2, -0.15) is 0 Å². The number of benzene rings is 1. The molecule has 1 aromatic heterocycles. The van der Waals surface area contributed by atoms with Gasteiger partial charge in [0.1, 0.15) is 12.4 Å². The monoisotopic (exact) mass is 271 g/mol. The SMILES string of the molecule is COc1cccc(COc2ccc(C(C)(C)C)cc2)n1. The van der Waals surface area contributed by atoms with Crippen LogP contribution in [0.25, 0.3) is 0 Å². The van der Waals surface area contributed by atoms with Crippen molar-refractivity contribution < 1.29 is 9.47 Å². The van der Waals surface area contributed by atoms with E-state index in [0.717, 1.165) is 11.4 Å². The van der Waals surface area contributed by atoms with E-state index in [1.165, 1.54) is 5.56 Å². The second kappa shape index (κ2) is 5.95. The average molecular weight is 271 g/mol. The Bertz CT molecular complexity index is 556. The number of nitrogens with zero attached hydrogens (tertiary/aromatic N) is 1. The lowest BCUT2D eigenvalue weighted by Crippen LogP contribution is -2.10. The zero-order valence-electron chi connectivity index (χ0n) is 12.5. The summed E-state index contributed by atoms with van der Waals surface area (Å²) >= 11 is 0. The second-order valence-electron chi connectivity index (χ2n) is 5.73. The number of pyridine rings is 1. The van der Waals surface area contributed by atoms with E-state index in [1.54, 1.807) is 7.11 Å². The lowest BCUT2D eigenvalue weighted by molar-refractivity contribution is 0.298. The number of ether oxygens (including phenoxy) is 2. The third-order valence-electron chi connectivity index (χ3n) is 3.10. The quantitative estimate of drug-likeness (QED) is 0.843.